The average Bonchev–Trinajstić information content (AvgIpc) is 3.21. The highest BCUT2D eigenvalue weighted by Gasteiger charge is 2.40. The van der Waals surface area contributed by atoms with Crippen LogP contribution in [0.2, 0.25) is 0 Å². The molecule has 0 aliphatic carbocycles. The van der Waals surface area contributed by atoms with Crippen LogP contribution in [0.25, 0.3) is 11.1 Å². The molecule has 0 bridgehead atoms. The van der Waals surface area contributed by atoms with Gasteiger partial charge in [-0.25, -0.2) is 37.8 Å². The Hall–Kier alpha value is -3.97. The van der Waals surface area contributed by atoms with Crippen LogP contribution in [0, 0.1) is 11.6 Å². The predicted molar refractivity (Wildman–Crippen MR) is 115 cm³/mol. The van der Waals surface area contributed by atoms with E-state index in [2.05, 4.69) is 25.3 Å². The van der Waals surface area contributed by atoms with Crippen LogP contribution in [-0.2, 0) is 10.9 Å². The van der Waals surface area contributed by atoms with E-state index in [1.165, 1.54) is 13.0 Å². The number of hydrogen-bond donors (Lipinski definition) is 1. The number of carbonyl (C=O) groups excluding carboxylic acids is 1. The van der Waals surface area contributed by atoms with E-state index in [9.17, 15) is 31.1 Å². The topological polar surface area (TPSA) is 93.1 Å². The second-order valence-electron chi connectivity index (χ2n) is 7.92. The maximum atomic E-state index is 14.4. The molecular weight excluding hydrogens is 494 g/mol. The Balaban J connectivity index is 1.55. The average molecular weight is 512 g/mol. The Bertz CT molecular complexity index is 1270. The molecule has 3 aromatic rings. The molecule has 3 atom stereocenters. The van der Waals surface area contributed by atoms with Gasteiger partial charge in [0.05, 0.1) is 17.8 Å². The van der Waals surface area contributed by atoms with E-state index >= 15 is 0 Å². The fourth-order valence-corrected chi connectivity index (χ4v) is 3.55. The number of anilines is 2. The lowest BCUT2D eigenvalue weighted by atomic mass is 10.0. The fourth-order valence-electron chi connectivity index (χ4n) is 3.55. The number of carbonyl (C=O) groups is 1. The molecule has 1 N–H and O–H groups in total. The van der Waals surface area contributed by atoms with E-state index in [4.69, 9.17) is 4.74 Å². The van der Waals surface area contributed by atoms with E-state index in [1.54, 1.807) is 6.92 Å². The summed E-state index contributed by atoms with van der Waals surface area (Å²) in [5.41, 5.74) is -1.71. The molecule has 14 heteroatoms. The lowest BCUT2D eigenvalue weighted by molar-refractivity contribution is -0.139. The van der Waals surface area contributed by atoms with Crippen LogP contribution in [0.1, 0.15) is 31.3 Å². The van der Waals surface area contributed by atoms with Gasteiger partial charge >= 0.3 is 12.3 Å². The Morgan fingerprint density at radius 1 is 1.11 bits per heavy atom. The number of halogens is 6. The molecule has 4 rings (SSSR count). The van der Waals surface area contributed by atoms with Gasteiger partial charge in [-0.2, -0.15) is 18.2 Å². The third-order valence-corrected chi connectivity index (χ3v) is 5.41. The lowest BCUT2D eigenvalue weighted by Crippen LogP contribution is -2.40. The lowest BCUT2D eigenvalue weighted by Gasteiger charge is -2.22. The molecule has 2 aromatic heterocycles. The van der Waals surface area contributed by atoms with Crippen molar-refractivity contribution in [2.75, 3.05) is 16.8 Å². The number of alkyl halides is 4. The molecule has 1 amide bonds. The zero-order chi connectivity index (χ0) is 26.2. The van der Waals surface area contributed by atoms with Crippen LogP contribution < -0.4 is 10.2 Å². The maximum Gasteiger partial charge on any atom is 0.419 e. The third kappa shape index (κ3) is 4.88. The molecule has 1 aliphatic heterocycles. The van der Waals surface area contributed by atoms with Crippen molar-refractivity contribution in [1.82, 2.24) is 19.9 Å². The van der Waals surface area contributed by atoms with Crippen LogP contribution in [0.15, 0.2) is 36.8 Å². The number of aromatic nitrogens is 4. The summed E-state index contributed by atoms with van der Waals surface area (Å²) >= 11 is 0. The summed E-state index contributed by atoms with van der Waals surface area (Å²) in [6.45, 7) is 2.51. The van der Waals surface area contributed by atoms with Gasteiger partial charge in [0.25, 0.3) is 0 Å². The summed E-state index contributed by atoms with van der Waals surface area (Å²) in [4.78, 5) is 28.7. The van der Waals surface area contributed by atoms with Gasteiger partial charge in [-0.1, -0.05) is 12.1 Å². The molecule has 190 valence electrons. The van der Waals surface area contributed by atoms with E-state index < -0.39 is 53.5 Å². The van der Waals surface area contributed by atoms with E-state index in [0.717, 1.165) is 29.6 Å². The van der Waals surface area contributed by atoms with Gasteiger partial charge in [0.1, 0.15) is 30.5 Å². The van der Waals surface area contributed by atoms with Gasteiger partial charge in [-0.05, 0) is 19.9 Å². The molecule has 0 saturated carbocycles. The molecule has 1 aliphatic rings. The van der Waals surface area contributed by atoms with Crippen molar-refractivity contribution in [2.45, 2.75) is 38.3 Å². The highest BCUT2D eigenvalue weighted by Crippen LogP contribution is 2.35. The molecule has 1 aromatic carbocycles. The second kappa shape index (κ2) is 9.59. The number of nitrogens with one attached hydrogen (secondary N) is 1. The zero-order valence-electron chi connectivity index (χ0n) is 18.7. The SMILES string of the molecule is C[C@H](Nc1ncc(F)c(N2C(=O)OCC2[C@H](C)F)n1)c1ncc(-c2cccc(C(F)(F)F)c2F)cn1. The Kier molecular flexibility index (Phi) is 6.69. The molecule has 8 nitrogen and oxygen atoms in total. The van der Waals surface area contributed by atoms with Crippen molar-refractivity contribution < 1.29 is 35.9 Å². The normalized spacial score (nSPS) is 17.6. The number of amides is 1. The first-order valence-electron chi connectivity index (χ1n) is 10.5. The largest absolute Gasteiger partial charge is 0.447 e. The monoisotopic (exact) mass is 512 g/mol. The van der Waals surface area contributed by atoms with Crippen LogP contribution in [0.3, 0.4) is 0 Å². The number of nitrogens with zero attached hydrogens (tertiary/aromatic N) is 5. The number of cyclic esters (lactones) is 1. The van der Waals surface area contributed by atoms with Crippen molar-refractivity contribution in [1.29, 1.82) is 0 Å². The minimum atomic E-state index is -4.86. The van der Waals surface area contributed by atoms with Crippen LogP contribution >= 0.6 is 0 Å². The van der Waals surface area contributed by atoms with Crippen LogP contribution in [0.4, 0.5) is 42.9 Å². The number of ether oxygens (including phenoxy) is 1. The standard InChI is InChI=1S/C22H18F6N6O2/c1-10(23)16-9-36-21(35)34(16)19-15(24)8-31-20(33-19)32-11(2)18-29-6-12(7-30-18)13-4-3-5-14(17(13)25)22(26,27)28/h3-8,10-11,16H,9H2,1-2H3,(H,31,32,33)/t10-,11-,16?/m0/s1. The molecule has 3 heterocycles. The van der Waals surface area contributed by atoms with Crippen LogP contribution in [0.5, 0.6) is 0 Å². The highest BCUT2D eigenvalue weighted by molar-refractivity contribution is 5.89. The van der Waals surface area contributed by atoms with E-state index in [-0.39, 0.29) is 29.5 Å². The maximum absolute atomic E-state index is 14.4. The Morgan fingerprint density at radius 2 is 1.81 bits per heavy atom. The van der Waals surface area contributed by atoms with Gasteiger partial charge in [0, 0.05) is 23.5 Å². The smallest absolute Gasteiger partial charge is 0.419 e. The summed E-state index contributed by atoms with van der Waals surface area (Å²) in [5, 5.41) is 2.80. The first-order chi connectivity index (χ1) is 17.0. The van der Waals surface area contributed by atoms with Gasteiger partial charge < -0.3 is 10.1 Å². The molecule has 1 fully saturated rings. The van der Waals surface area contributed by atoms with Gasteiger partial charge in [-0.15, -0.1) is 0 Å². The summed E-state index contributed by atoms with van der Waals surface area (Å²) in [5.74, 6) is -2.90. The summed E-state index contributed by atoms with van der Waals surface area (Å²) in [6, 6.07) is 1.11. The number of hydrogen-bond acceptors (Lipinski definition) is 7. The molecule has 1 saturated heterocycles. The third-order valence-electron chi connectivity index (χ3n) is 5.41. The quantitative estimate of drug-likeness (QED) is 0.460. The van der Waals surface area contributed by atoms with E-state index in [1.807, 2.05) is 0 Å². The zero-order valence-corrected chi connectivity index (χ0v) is 18.7. The second-order valence-corrected chi connectivity index (χ2v) is 7.92. The first kappa shape index (κ1) is 25.1. The van der Waals surface area contributed by atoms with Gasteiger partial charge in [-0.3, -0.25) is 0 Å². The van der Waals surface area contributed by atoms with Crippen molar-refractivity contribution in [3.8, 4) is 11.1 Å². The number of benzene rings is 1. The van der Waals surface area contributed by atoms with Gasteiger partial charge in [0.2, 0.25) is 5.95 Å². The van der Waals surface area contributed by atoms with Crippen molar-refractivity contribution in [3.05, 3.63) is 59.8 Å². The summed E-state index contributed by atoms with van der Waals surface area (Å²) in [7, 11) is 0. The Morgan fingerprint density at radius 3 is 2.44 bits per heavy atom. The molecule has 0 radical (unpaired) electrons. The highest BCUT2D eigenvalue weighted by atomic mass is 19.4. The van der Waals surface area contributed by atoms with Crippen molar-refractivity contribution in [3.63, 3.8) is 0 Å². The molecule has 36 heavy (non-hydrogen) atoms. The van der Waals surface area contributed by atoms with Crippen molar-refractivity contribution >= 4 is 17.9 Å². The molecule has 0 spiro atoms. The van der Waals surface area contributed by atoms with E-state index in [0.29, 0.717) is 6.07 Å². The predicted octanol–water partition coefficient (Wildman–Crippen LogP) is 5.09. The van der Waals surface area contributed by atoms with Crippen LogP contribution in [-0.4, -0.2) is 44.8 Å². The van der Waals surface area contributed by atoms with Crippen molar-refractivity contribution in [2.24, 2.45) is 0 Å². The number of rotatable bonds is 6. The fraction of sp³-hybridized carbons (Fsp3) is 0.318. The summed E-state index contributed by atoms with van der Waals surface area (Å²) < 4.78 is 86.5. The Labute approximate surface area is 200 Å². The van der Waals surface area contributed by atoms with Gasteiger partial charge in [0.15, 0.2) is 11.6 Å². The minimum absolute atomic E-state index is 0.0220. The summed E-state index contributed by atoms with van der Waals surface area (Å²) in [6.07, 6.45) is -4.23. The first-order valence-corrected chi connectivity index (χ1v) is 10.5. The molecular formula is C22H18F6N6O2. The molecule has 1 unspecified atom stereocenters. The minimum Gasteiger partial charge on any atom is -0.447 e.